The summed E-state index contributed by atoms with van der Waals surface area (Å²) in [5, 5.41) is 3.63. The summed E-state index contributed by atoms with van der Waals surface area (Å²) >= 11 is 0. The van der Waals surface area contributed by atoms with Crippen LogP contribution >= 0.6 is 0 Å². The smallest absolute Gasteiger partial charge is 0.159 e. The molecule has 0 bridgehead atoms. The average molecular weight is 410 g/mol. The Bertz CT molecular complexity index is 939. The lowest BCUT2D eigenvalue weighted by atomic mass is 9.94. The van der Waals surface area contributed by atoms with Crippen LogP contribution in [0.4, 0.5) is 5.69 Å². The third kappa shape index (κ3) is 7.99. The summed E-state index contributed by atoms with van der Waals surface area (Å²) < 4.78 is 12.1. The summed E-state index contributed by atoms with van der Waals surface area (Å²) in [4.78, 5) is 14.8. The van der Waals surface area contributed by atoms with Gasteiger partial charge in [-0.1, -0.05) is 29.4 Å². The highest BCUT2D eigenvalue weighted by atomic mass is 16.5. The molecule has 0 N–H and O–H groups in total. The number of carbonyl (C=O) groups is 1. The van der Waals surface area contributed by atoms with Crippen LogP contribution in [0.3, 0.4) is 0 Å². The van der Waals surface area contributed by atoms with E-state index in [2.05, 4.69) is 16.1 Å². The van der Waals surface area contributed by atoms with Gasteiger partial charge in [-0.3, -0.25) is 4.79 Å². The van der Waals surface area contributed by atoms with Crippen molar-refractivity contribution in [1.82, 2.24) is 0 Å². The first-order valence-corrected chi connectivity index (χ1v) is 10.0. The van der Waals surface area contributed by atoms with E-state index < -0.39 is 5.60 Å². The Morgan fingerprint density at radius 1 is 0.967 bits per heavy atom. The number of benzene rings is 2. The van der Waals surface area contributed by atoms with E-state index in [0.717, 1.165) is 16.7 Å². The zero-order valence-electron chi connectivity index (χ0n) is 18.7. The Labute approximate surface area is 178 Å². The van der Waals surface area contributed by atoms with Gasteiger partial charge < -0.3 is 9.47 Å². The summed E-state index contributed by atoms with van der Waals surface area (Å²) in [7, 11) is 0. The van der Waals surface area contributed by atoms with Crippen molar-refractivity contribution in [2.45, 2.75) is 72.4 Å². The van der Waals surface area contributed by atoms with E-state index in [1.165, 1.54) is 0 Å². The normalized spacial score (nSPS) is 11.8. The fourth-order valence-corrected chi connectivity index (χ4v) is 3.03. The molecule has 160 valence electrons. The monoisotopic (exact) mass is 409 g/mol. The largest absolute Gasteiger partial charge is 0.371 e. The lowest BCUT2D eigenvalue weighted by molar-refractivity contribution is -0.0289. The Morgan fingerprint density at radius 3 is 2.27 bits per heavy atom. The van der Waals surface area contributed by atoms with Gasteiger partial charge in [-0.2, -0.15) is 0 Å². The van der Waals surface area contributed by atoms with E-state index in [1.54, 1.807) is 13.0 Å². The van der Waals surface area contributed by atoms with Crippen molar-refractivity contribution in [1.29, 1.82) is 0 Å². The number of ketones is 1. The van der Waals surface area contributed by atoms with Crippen molar-refractivity contribution in [3.05, 3.63) is 75.2 Å². The molecule has 6 nitrogen and oxygen atoms in total. The quantitative estimate of drug-likeness (QED) is 0.200. The van der Waals surface area contributed by atoms with Crippen LogP contribution in [0, 0.1) is 0 Å². The molecule has 0 fully saturated rings. The summed E-state index contributed by atoms with van der Waals surface area (Å²) in [6, 6.07) is 13.2. The van der Waals surface area contributed by atoms with Gasteiger partial charge in [0.25, 0.3) is 0 Å². The Balaban J connectivity index is 2.13. The maximum atomic E-state index is 12.0. The third-order valence-corrected chi connectivity index (χ3v) is 4.46. The van der Waals surface area contributed by atoms with Gasteiger partial charge in [0.2, 0.25) is 0 Å². The van der Waals surface area contributed by atoms with Crippen LogP contribution in [-0.2, 0) is 29.1 Å². The topological polar surface area (TPSA) is 84.3 Å². The second kappa shape index (κ2) is 9.90. The molecular formula is C24H31N3O3. The summed E-state index contributed by atoms with van der Waals surface area (Å²) in [5.41, 5.74) is 12.1. The minimum absolute atomic E-state index is 0.0300. The molecule has 0 aromatic heterocycles. The number of nitrogens with zero attached hydrogens (tertiary/aromatic N) is 3. The van der Waals surface area contributed by atoms with E-state index in [1.807, 2.05) is 65.0 Å². The third-order valence-electron chi connectivity index (χ3n) is 4.46. The number of Topliss-reactive ketones (excluding diaryl/α,β-unsaturated/α-hetero) is 1. The molecule has 0 aliphatic carbocycles. The van der Waals surface area contributed by atoms with Crippen molar-refractivity contribution >= 4 is 11.5 Å². The molecule has 0 aliphatic heterocycles. The lowest BCUT2D eigenvalue weighted by Gasteiger charge is -2.26. The summed E-state index contributed by atoms with van der Waals surface area (Å²) in [6.45, 7) is 12.5. The second-order valence-electron chi connectivity index (χ2n) is 9.08. The highest BCUT2D eigenvalue weighted by Gasteiger charge is 2.21. The van der Waals surface area contributed by atoms with Crippen molar-refractivity contribution in [3.63, 3.8) is 0 Å². The van der Waals surface area contributed by atoms with Crippen molar-refractivity contribution in [2.24, 2.45) is 5.11 Å². The predicted octanol–water partition coefficient (Wildman–Crippen LogP) is 6.68. The van der Waals surface area contributed by atoms with E-state index in [-0.39, 0.29) is 11.4 Å². The van der Waals surface area contributed by atoms with E-state index in [9.17, 15) is 4.79 Å². The van der Waals surface area contributed by atoms with E-state index >= 15 is 0 Å². The van der Waals surface area contributed by atoms with Gasteiger partial charge in [0.05, 0.1) is 24.4 Å². The van der Waals surface area contributed by atoms with Crippen LogP contribution in [0.2, 0.25) is 0 Å². The molecule has 30 heavy (non-hydrogen) atoms. The summed E-state index contributed by atoms with van der Waals surface area (Å²) in [6.07, 6.45) is 0.646. The van der Waals surface area contributed by atoms with Gasteiger partial charge >= 0.3 is 0 Å². The Kier molecular flexibility index (Phi) is 7.79. The standard InChI is InChI=1S/C24H31N3O3/c1-17(28)21-11-19(10-20(12-21)16-29-23(2,3)4)14-24(5,6)30-15-18-8-7-9-22(13-18)26-27-25/h7-13H,14-16H2,1-6H3. The molecule has 2 rings (SSSR count). The number of hydrogen-bond donors (Lipinski definition) is 0. The molecule has 2 aromatic carbocycles. The number of carbonyl (C=O) groups excluding carboxylic acids is 1. The lowest BCUT2D eigenvalue weighted by Crippen LogP contribution is -2.27. The zero-order valence-corrected chi connectivity index (χ0v) is 18.7. The van der Waals surface area contributed by atoms with Crippen LogP contribution < -0.4 is 0 Å². The van der Waals surface area contributed by atoms with Gasteiger partial charge in [0, 0.05) is 22.6 Å². The number of hydrogen-bond acceptors (Lipinski definition) is 4. The Hall–Kier alpha value is -2.66. The molecule has 0 spiro atoms. The molecule has 0 saturated carbocycles. The Morgan fingerprint density at radius 2 is 1.63 bits per heavy atom. The van der Waals surface area contributed by atoms with Crippen molar-refractivity contribution in [2.75, 3.05) is 0 Å². The second-order valence-corrected chi connectivity index (χ2v) is 9.08. The van der Waals surface area contributed by atoms with Gasteiger partial charge in [0.1, 0.15) is 0 Å². The highest BCUT2D eigenvalue weighted by Crippen LogP contribution is 2.24. The first-order valence-electron chi connectivity index (χ1n) is 10.0. The SMILES string of the molecule is CC(=O)c1cc(COC(C)(C)C)cc(CC(C)(C)OCc2cccc(N=[N+]=[N-])c2)c1. The maximum Gasteiger partial charge on any atom is 0.159 e. The van der Waals surface area contributed by atoms with Gasteiger partial charge in [-0.15, -0.1) is 0 Å². The fourth-order valence-electron chi connectivity index (χ4n) is 3.03. The molecule has 0 heterocycles. The highest BCUT2D eigenvalue weighted by molar-refractivity contribution is 5.94. The van der Waals surface area contributed by atoms with Crippen molar-refractivity contribution < 1.29 is 14.3 Å². The molecule has 0 saturated heterocycles. The van der Waals surface area contributed by atoms with Crippen LogP contribution in [0.25, 0.3) is 10.4 Å². The van der Waals surface area contributed by atoms with Gasteiger partial charge in [0.15, 0.2) is 5.78 Å². The van der Waals surface area contributed by atoms with Crippen LogP contribution in [0.5, 0.6) is 0 Å². The molecule has 0 atom stereocenters. The fraction of sp³-hybridized carbons (Fsp3) is 0.458. The van der Waals surface area contributed by atoms with Crippen molar-refractivity contribution in [3.8, 4) is 0 Å². The van der Waals surface area contributed by atoms with Crippen LogP contribution in [0.15, 0.2) is 47.6 Å². The first-order chi connectivity index (χ1) is 14.0. The number of azide groups is 1. The minimum Gasteiger partial charge on any atom is -0.371 e. The average Bonchev–Trinajstić information content (AvgIpc) is 2.64. The molecule has 0 unspecified atom stereocenters. The minimum atomic E-state index is -0.452. The molecule has 0 amide bonds. The number of ether oxygens (including phenoxy) is 2. The van der Waals surface area contributed by atoms with Crippen LogP contribution in [0.1, 0.15) is 68.6 Å². The summed E-state index contributed by atoms with van der Waals surface area (Å²) in [5.74, 6) is 0.0300. The number of rotatable bonds is 9. The first kappa shape index (κ1) is 23.6. The van der Waals surface area contributed by atoms with Crippen LogP contribution in [-0.4, -0.2) is 17.0 Å². The molecule has 6 heteroatoms. The maximum absolute atomic E-state index is 12.0. The zero-order chi connectivity index (χ0) is 22.4. The molecule has 0 radical (unpaired) electrons. The van der Waals surface area contributed by atoms with E-state index in [0.29, 0.717) is 30.9 Å². The molecule has 0 aliphatic rings. The van der Waals surface area contributed by atoms with E-state index in [4.69, 9.17) is 15.0 Å². The molecule has 2 aromatic rings. The van der Waals surface area contributed by atoms with Gasteiger partial charge in [-0.05, 0) is 82.0 Å². The van der Waals surface area contributed by atoms with Gasteiger partial charge in [-0.25, -0.2) is 0 Å². The predicted molar refractivity (Wildman–Crippen MR) is 119 cm³/mol. The molecular weight excluding hydrogens is 378 g/mol.